The number of nitrogens with zero attached hydrogens (tertiary/aromatic N) is 1. The summed E-state index contributed by atoms with van der Waals surface area (Å²) in [7, 11) is 0. The number of carbonyl (C=O) groups is 2. The van der Waals surface area contributed by atoms with Crippen LogP contribution < -0.4 is 0 Å². The molecule has 12 heavy (non-hydrogen) atoms. The second kappa shape index (κ2) is 3.76. The zero-order valence-electron chi connectivity index (χ0n) is 6.49. The number of hydrogen-bond donors (Lipinski definition) is 1. The van der Waals surface area contributed by atoms with Crippen LogP contribution in [0, 0.1) is 5.92 Å². The first-order chi connectivity index (χ1) is 5.65. The molecule has 1 amide bonds. The Morgan fingerprint density at radius 3 is 2.67 bits per heavy atom. The van der Waals surface area contributed by atoms with Crippen molar-refractivity contribution in [2.45, 2.75) is 6.42 Å². The highest BCUT2D eigenvalue weighted by Gasteiger charge is 2.30. The summed E-state index contributed by atoms with van der Waals surface area (Å²) in [6, 6.07) is 0. The van der Waals surface area contributed by atoms with Crippen LogP contribution in [0.1, 0.15) is 6.42 Å². The molecular weight excluding hydrogens is 182 g/mol. The Morgan fingerprint density at radius 1 is 1.58 bits per heavy atom. The van der Waals surface area contributed by atoms with Crippen molar-refractivity contribution in [2.75, 3.05) is 19.0 Å². The fourth-order valence-corrected chi connectivity index (χ4v) is 1.44. The van der Waals surface area contributed by atoms with Gasteiger partial charge in [-0.3, -0.25) is 9.59 Å². The van der Waals surface area contributed by atoms with Crippen molar-refractivity contribution < 1.29 is 14.7 Å². The minimum Gasteiger partial charge on any atom is -0.481 e. The van der Waals surface area contributed by atoms with E-state index in [1.807, 2.05) is 0 Å². The van der Waals surface area contributed by atoms with E-state index in [1.54, 1.807) is 0 Å². The summed E-state index contributed by atoms with van der Waals surface area (Å²) in [5, 5.41) is 8.61. The van der Waals surface area contributed by atoms with Crippen LogP contribution in [0.25, 0.3) is 0 Å². The van der Waals surface area contributed by atoms with Crippen molar-refractivity contribution in [1.82, 2.24) is 4.90 Å². The van der Waals surface area contributed by atoms with Crippen LogP contribution in [0.4, 0.5) is 0 Å². The number of likely N-dealkylation sites (tertiary alicyclic amines) is 1. The Kier molecular flexibility index (Phi) is 2.92. The topological polar surface area (TPSA) is 57.6 Å². The molecule has 1 aliphatic rings. The maximum Gasteiger partial charge on any atom is 0.308 e. The van der Waals surface area contributed by atoms with Crippen LogP contribution in [-0.2, 0) is 9.59 Å². The van der Waals surface area contributed by atoms with Gasteiger partial charge in [-0.25, -0.2) is 0 Å². The van der Waals surface area contributed by atoms with Gasteiger partial charge in [-0.05, 0) is 6.42 Å². The molecule has 0 aliphatic carbocycles. The van der Waals surface area contributed by atoms with Gasteiger partial charge in [-0.15, -0.1) is 11.6 Å². The van der Waals surface area contributed by atoms with E-state index in [9.17, 15) is 9.59 Å². The number of aliphatic carboxylic acids is 1. The van der Waals surface area contributed by atoms with Gasteiger partial charge in [0, 0.05) is 13.1 Å². The van der Waals surface area contributed by atoms with E-state index in [2.05, 4.69) is 0 Å². The number of alkyl halides is 1. The molecule has 1 aliphatic heterocycles. The lowest BCUT2D eigenvalue weighted by Crippen LogP contribution is -2.30. The van der Waals surface area contributed by atoms with Crippen LogP contribution in [-0.4, -0.2) is 40.9 Å². The zero-order chi connectivity index (χ0) is 9.14. The quantitative estimate of drug-likeness (QED) is 0.633. The monoisotopic (exact) mass is 191 g/mol. The third-order valence-electron chi connectivity index (χ3n) is 2.00. The highest BCUT2D eigenvalue weighted by molar-refractivity contribution is 6.27. The average Bonchev–Trinajstić information content (AvgIpc) is 2.51. The van der Waals surface area contributed by atoms with Gasteiger partial charge in [-0.1, -0.05) is 0 Å². The van der Waals surface area contributed by atoms with Crippen molar-refractivity contribution in [3.05, 3.63) is 0 Å². The van der Waals surface area contributed by atoms with Crippen LogP contribution >= 0.6 is 11.6 Å². The Balaban J connectivity index is 2.45. The minimum atomic E-state index is -0.833. The molecule has 5 heteroatoms. The molecule has 0 radical (unpaired) electrons. The lowest BCUT2D eigenvalue weighted by Gasteiger charge is -2.13. The zero-order valence-corrected chi connectivity index (χ0v) is 7.25. The fourth-order valence-electron chi connectivity index (χ4n) is 1.27. The van der Waals surface area contributed by atoms with Crippen LogP contribution in [0.15, 0.2) is 0 Å². The first kappa shape index (κ1) is 9.32. The second-order valence-corrected chi connectivity index (χ2v) is 3.06. The normalized spacial score (nSPS) is 22.8. The summed E-state index contributed by atoms with van der Waals surface area (Å²) in [6.45, 7) is 0.823. The van der Waals surface area contributed by atoms with Gasteiger partial charge in [0.05, 0.1) is 5.92 Å². The smallest absolute Gasteiger partial charge is 0.308 e. The molecule has 0 aromatic heterocycles. The van der Waals surface area contributed by atoms with Gasteiger partial charge in [0.15, 0.2) is 0 Å². The first-order valence-corrected chi connectivity index (χ1v) is 4.25. The average molecular weight is 192 g/mol. The molecule has 1 rings (SSSR count). The Morgan fingerprint density at radius 2 is 2.25 bits per heavy atom. The predicted octanol–water partition coefficient (Wildman–Crippen LogP) is 0.158. The van der Waals surface area contributed by atoms with Crippen LogP contribution in [0.3, 0.4) is 0 Å². The second-order valence-electron chi connectivity index (χ2n) is 2.80. The Bertz CT molecular complexity index is 207. The third kappa shape index (κ3) is 1.88. The van der Waals surface area contributed by atoms with E-state index in [1.165, 1.54) is 4.90 Å². The lowest BCUT2D eigenvalue weighted by atomic mass is 10.1. The van der Waals surface area contributed by atoms with E-state index in [4.69, 9.17) is 16.7 Å². The third-order valence-corrected chi connectivity index (χ3v) is 2.23. The summed E-state index contributed by atoms with van der Waals surface area (Å²) in [4.78, 5) is 23.0. The van der Waals surface area contributed by atoms with Gasteiger partial charge < -0.3 is 10.0 Å². The molecule has 1 saturated heterocycles. The summed E-state index contributed by atoms with van der Waals surface area (Å²) in [5.41, 5.74) is 0. The number of halogens is 1. The molecule has 1 fully saturated rings. The molecule has 1 N–H and O–H groups in total. The summed E-state index contributed by atoms with van der Waals surface area (Å²) in [5.74, 6) is -1.48. The van der Waals surface area contributed by atoms with Crippen molar-refractivity contribution in [1.29, 1.82) is 0 Å². The van der Waals surface area contributed by atoms with E-state index in [-0.39, 0.29) is 11.8 Å². The minimum absolute atomic E-state index is 0.0632. The molecule has 0 unspecified atom stereocenters. The molecule has 4 nitrogen and oxygen atoms in total. The van der Waals surface area contributed by atoms with Gasteiger partial charge in [0.25, 0.3) is 0 Å². The molecule has 1 atom stereocenters. The number of amides is 1. The Labute approximate surface area is 75.1 Å². The van der Waals surface area contributed by atoms with Crippen molar-refractivity contribution in [3.63, 3.8) is 0 Å². The summed E-state index contributed by atoms with van der Waals surface area (Å²) >= 11 is 5.32. The highest BCUT2D eigenvalue weighted by atomic mass is 35.5. The van der Waals surface area contributed by atoms with E-state index in [0.717, 1.165) is 0 Å². The summed E-state index contributed by atoms with van der Waals surface area (Å²) in [6.07, 6.45) is 0.540. The van der Waals surface area contributed by atoms with E-state index >= 15 is 0 Å². The van der Waals surface area contributed by atoms with Gasteiger partial charge in [0.2, 0.25) is 5.91 Å². The number of carboxylic acids is 1. The lowest BCUT2D eigenvalue weighted by molar-refractivity contribution is -0.141. The molecule has 0 saturated carbocycles. The molecule has 68 valence electrons. The van der Waals surface area contributed by atoms with Crippen molar-refractivity contribution in [3.8, 4) is 0 Å². The number of hydrogen-bond acceptors (Lipinski definition) is 2. The van der Waals surface area contributed by atoms with E-state index in [0.29, 0.717) is 19.5 Å². The first-order valence-electron chi connectivity index (χ1n) is 3.71. The molecular formula is C7H10ClNO3. The molecule has 0 spiro atoms. The maximum atomic E-state index is 11.0. The number of carboxylic acid groups (broad SMARTS) is 1. The largest absolute Gasteiger partial charge is 0.481 e. The van der Waals surface area contributed by atoms with Gasteiger partial charge >= 0.3 is 5.97 Å². The fraction of sp³-hybridized carbons (Fsp3) is 0.714. The van der Waals surface area contributed by atoms with Crippen LogP contribution in [0.2, 0.25) is 0 Å². The van der Waals surface area contributed by atoms with Gasteiger partial charge in [0.1, 0.15) is 5.88 Å². The van der Waals surface area contributed by atoms with E-state index < -0.39 is 11.9 Å². The molecule has 1 heterocycles. The SMILES string of the molecule is O=C(O)[C@@H]1CCN(C(=O)CCl)C1. The van der Waals surface area contributed by atoms with Crippen molar-refractivity contribution >= 4 is 23.5 Å². The predicted molar refractivity (Wildman–Crippen MR) is 43.0 cm³/mol. The molecule has 0 aromatic rings. The van der Waals surface area contributed by atoms with Crippen LogP contribution in [0.5, 0.6) is 0 Å². The Hall–Kier alpha value is -0.770. The summed E-state index contributed by atoms with van der Waals surface area (Å²) < 4.78 is 0. The van der Waals surface area contributed by atoms with Crippen molar-refractivity contribution in [2.24, 2.45) is 5.92 Å². The molecule has 0 aromatic carbocycles. The number of carbonyl (C=O) groups excluding carboxylic acids is 1. The van der Waals surface area contributed by atoms with Gasteiger partial charge in [-0.2, -0.15) is 0 Å². The number of rotatable bonds is 2. The molecule has 0 bridgehead atoms. The maximum absolute atomic E-state index is 11.0. The highest BCUT2D eigenvalue weighted by Crippen LogP contribution is 2.16. The standard InChI is InChI=1S/C7H10ClNO3/c8-3-6(10)9-2-1-5(4-9)7(11)12/h5H,1-4H2,(H,11,12)/t5-/m1/s1.